The van der Waals surface area contributed by atoms with E-state index in [0.29, 0.717) is 12.2 Å². The number of hydrogen-bond donors (Lipinski definition) is 1. The molecule has 6 nitrogen and oxygen atoms in total. The SMILES string of the molecule is Cc1ccc(-c2c(C#N)nnn2Cc2ccc(C(=O)O)cc2)cc1. The predicted molar refractivity (Wildman–Crippen MR) is 87.4 cm³/mol. The van der Waals surface area contributed by atoms with Gasteiger partial charge in [-0.15, -0.1) is 5.10 Å². The summed E-state index contributed by atoms with van der Waals surface area (Å²) in [6.45, 7) is 2.40. The molecule has 0 spiro atoms. The number of nitrogens with zero attached hydrogens (tertiary/aromatic N) is 4. The first-order chi connectivity index (χ1) is 11.6. The van der Waals surface area contributed by atoms with Gasteiger partial charge in [0.15, 0.2) is 5.69 Å². The average Bonchev–Trinajstić information content (AvgIpc) is 2.99. The normalized spacial score (nSPS) is 10.3. The highest BCUT2D eigenvalue weighted by atomic mass is 16.4. The van der Waals surface area contributed by atoms with Gasteiger partial charge in [0.2, 0.25) is 0 Å². The van der Waals surface area contributed by atoms with Crippen molar-refractivity contribution < 1.29 is 9.90 Å². The van der Waals surface area contributed by atoms with Crippen LogP contribution in [-0.4, -0.2) is 26.1 Å². The van der Waals surface area contributed by atoms with Gasteiger partial charge < -0.3 is 5.11 Å². The summed E-state index contributed by atoms with van der Waals surface area (Å²) in [6, 6.07) is 16.4. The summed E-state index contributed by atoms with van der Waals surface area (Å²) in [5.74, 6) is -0.964. The predicted octanol–water partition coefficient (Wildman–Crippen LogP) is 2.87. The van der Waals surface area contributed by atoms with Gasteiger partial charge in [-0.2, -0.15) is 5.26 Å². The van der Waals surface area contributed by atoms with E-state index in [9.17, 15) is 10.1 Å². The molecule has 1 aromatic heterocycles. The zero-order valence-electron chi connectivity index (χ0n) is 13.0. The molecule has 118 valence electrons. The molecule has 0 fully saturated rings. The van der Waals surface area contributed by atoms with Crippen LogP contribution in [0, 0.1) is 18.3 Å². The Morgan fingerprint density at radius 3 is 2.42 bits per heavy atom. The molecule has 0 saturated heterocycles. The van der Waals surface area contributed by atoms with Crippen molar-refractivity contribution in [2.24, 2.45) is 0 Å². The summed E-state index contributed by atoms with van der Waals surface area (Å²) in [5, 5.41) is 26.2. The quantitative estimate of drug-likeness (QED) is 0.798. The van der Waals surface area contributed by atoms with Crippen molar-refractivity contribution in [1.29, 1.82) is 5.26 Å². The number of carboxylic acids is 1. The monoisotopic (exact) mass is 318 g/mol. The van der Waals surface area contributed by atoms with Gasteiger partial charge in [0.1, 0.15) is 11.8 Å². The molecule has 24 heavy (non-hydrogen) atoms. The van der Waals surface area contributed by atoms with E-state index < -0.39 is 5.97 Å². The molecule has 3 aromatic rings. The number of carboxylic acid groups (broad SMARTS) is 1. The summed E-state index contributed by atoms with van der Waals surface area (Å²) < 4.78 is 1.65. The van der Waals surface area contributed by atoms with Crippen LogP contribution in [0.1, 0.15) is 27.2 Å². The summed E-state index contributed by atoms with van der Waals surface area (Å²) in [5.41, 5.74) is 4.02. The molecule has 1 N–H and O–H groups in total. The van der Waals surface area contributed by atoms with Crippen molar-refractivity contribution in [2.75, 3.05) is 0 Å². The molecule has 0 aliphatic carbocycles. The van der Waals surface area contributed by atoms with Crippen LogP contribution in [0.4, 0.5) is 0 Å². The van der Waals surface area contributed by atoms with Crippen LogP contribution in [0.25, 0.3) is 11.3 Å². The minimum atomic E-state index is -0.964. The highest BCUT2D eigenvalue weighted by molar-refractivity contribution is 5.87. The minimum Gasteiger partial charge on any atom is -0.478 e. The second-order valence-corrected chi connectivity index (χ2v) is 5.42. The molecular formula is C18H14N4O2. The van der Waals surface area contributed by atoms with E-state index in [4.69, 9.17) is 5.11 Å². The third-order valence-electron chi connectivity index (χ3n) is 3.70. The number of aryl methyl sites for hydroxylation is 1. The Bertz CT molecular complexity index is 919. The van der Waals surface area contributed by atoms with Crippen molar-refractivity contribution in [2.45, 2.75) is 13.5 Å². The third-order valence-corrected chi connectivity index (χ3v) is 3.70. The van der Waals surface area contributed by atoms with Crippen molar-refractivity contribution in [1.82, 2.24) is 15.0 Å². The van der Waals surface area contributed by atoms with Gasteiger partial charge in [-0.3, -0.25) is 0 Å². The van der Waals surface area contributed by atoms with Crippen LogP contribution in [0.15, 0.2) is 48.5 Å². The first-order valence-electron chi connectivity index (χ1n) is 7.31. The van der Waals surface area contributed by atoms with Crippen LogP contribution in [0.3, 0.4) is 0 Å². The number of hydrogen-bond acceptors (Lipinski definition) is 4. The maximum atomic E-state index is 10.9. The standard InChI is InChI=1S/C18H14N4O2/c1-12-2-6-14(7-3-12)17-16(10-19)20-21-22(17)11-13-4-8-15(9-5-13)18(23)24/h2-9H,11H2,1H3,(H,23,24). The molecule has 0 saturated carbocycles. The Morgan fingerprint density at radius 1 is 1.17 bits per heavy atom. The summed E-state index contributed by atoms with van der Waals surface area (Å²) in [6.07, 6.45) is 0. The molecule has 6 heteroatoms. The fourth-order valence-electron chi connectivity index (χ4n) is 2.42. The summed E-state index contributed by atoms with van der Waals surface area (Å²) in [4.78, 5) is 10.9. The molecule has 2 aromatic carbocycles. The maximum absolute atomic E-state index is 10.9. The maximum Gasteiger partial charge on any atom is 0.335 e. The Kier molecular flexibility index (Phi) is 4.08. The number of carbonyl (C=O) groups is 1. The van der Waals surface area contributed by atoms with Crippen molar-refractivity contribution >= 4 is 5.97 Å². The van der Waals surface area contributed by atoms with Gasteiger partial charge in [-0.05, 0) is 24.6 Å². The van der Waals surface area contributed by atoms with Crippen LogP contribution in [0.2, 0.25) is 0 Å². The zero-order valence-corrected chi connectivity index (χ0v) is 13.0. The van der Waals surface area contributed by atoms with E-state index >= 15 is 0 Å². The largest absolute Gasteiger partial charge is 0.478 e. The first kappa shape index (κ1) is 15.4. The molecule has 0 amide bonds. The minimum absolute atomic E-state index is 0.230. The molecular weight excluding hydrogens is 304 g/mol. The van der Waals surface area contributed by atoms with Crippen molar-refractivity contribution in [3.05, 3.63) is 70.9 Å². The Balaban J connectivity index is 1.97. The number of benzene rings is 2. The highest BCUT2D eigenvalue weighted by Gasteiger charge is 2.15. The van der Waals surface area contributed by atoms with E-state index in [1.807, 2.05) is 31.2 Å². The van der Waals surface area contributed by atoms with Crippen LogP contribution in [-0.2, 0) is 6.54 Å². The molecule has 0 aliphatic heterocycles. The van der Waals surface area contributed by atoms with E-state index in [2.05, 4.69) is 16.4 Å². The molecule has 0 unspecified atom stereocenters. The zero-order chi connectivity index (χ0) is 17.1. The van der Waals surface area contributed by atoms with Crippen LogP contribution in [0.5, 0.6) is 0 Å². The second-order valence-electron chi connectivity index (χ2n) is 5.42. The fraction of sp³-hybridized carbons (Fsp3) is 0.111. The van der Waals surface area contributed by atoms with E-state index in [-0.39, 0.29) is 11.3 Å². The van der Waals surface area contributed by atoms with Crippen LogP contribution >= 0.6 is 0 Å². The lowest BCUT2D eigenvalue weighted by molar-refractivity contribution is 0.0697. The van der Waals surface area contributed by atoms with E-state index in [1.165, 1.54) is 0 Å². The second kappa shape index (κ2) is 6.34. The van der Waals surface area contributed by atoms with Gasteiger partial charge in [0, 0.05) is 5.56 Å². The smallest absolute Gasteiger partial charge is 0.335 e. The van der Waals surface area contributed by atoms with Crippen molar-refractivity contribution in [3.63, 3.8) is 0 Å². The Morgan fingerprint density at radius 2 is 1.83 bits per heavy atom. The van der Waals surface area contributed by atoms with Gasteiger partial charge in [-0.1, -0.05) is 47.2 Å². The number of aromatic carboxylic acids is 1. The molecule has 0 radical (unpaired) electrons. The van der Waals surface area contributed by atoms with Gasteiger partial charge in [0.25, 0.3) is 0 Å². The third kappa shape index (κ3) is 3.01. The van der Waals surface area contributed by atoms with Gasteiger partial charge >= 0.3 is 5.97 Å². The lowest BCUT2D eigenvalue weighted by atomic mass is 10.1. The lowest BCUT2D eigenvalue weighted by Gasteiger charge is -2.08. The average molecular weight is 318 g/mol. The number of nitriles is 1. The van der Waals surface area contributed by atoms with Gasteiger partial charge in [-0.25, -0.2) is 9.48 Å². The molecule has 0 bridgehead atoms. The van der Waals surface area contributed by atoms with Crippen LogP contribution < -0.4 is 0 Å². The lowest BCUT2D eigenvalue weighted by Crippen LogP contribution is -2.05. The highest BCUT2D eigenvalue weighted by Crippen LogP contribution is 2.23. The molecule has 0 aliphatic rings. The Labute approximate surface area is 138 Å². The molecule has 1 heterocycles. The summed E-state index contributed by atoms with van der Waals surface area (Å²) >= 11 is 0. The topological polar surface area (TPSA) is 91.8 Å². The van der Waals surface area contributed by atoms with Crippen molar-refractivity contribution in [3.8, 4) is 17.3 Å². The number of rotatable bonds is 4. The number of aromatic nitrogens is 3. The summed E-state index contributed by atoms with van der Waals surface area (Å²) in [7, 11) is 0. The molecule has 0 atom stereocenters. The Hall–Kier alpha value is -3.46. The van der Waals surface area contributed by atoms with E-state index in [0.717, 1.165) is 16.7 Å². The van der Waals surface area contributed by atoms with Gasteiger partial charge in [0.05, 0.1) is 12.1 Å². The van der Waals surface area contributed by atoms with E-state index in [1.54, 1.807) is 28.9 Å². The first-order valence-corrected chi connectivity index (χ1v) is 7.31. The fourth-order valence-corrected chi connectivity index (χ4v) is 2.42. The molecule has 3 rings (SSSR count).